The van der Waals surface area contributed by atoms with E-state index in [2.05, 4.69) is 21.2 Å². The zero-order chi connectivity index (χ0) is 13.7. The summed E-state index contributed by atoms with van der Waals surface area (Å²) in [4.78, 5) is 14.3. The summed E-state index contributed by atoms with van der Waals surface area (Å²) in [5.41, 5.74) is 1.07. The van der Waals surface area contributed by atoms with Gasteiger partial charge in [-0.15, -0.1) is 0 Å². The van der Waals surface area contributed by atoms with E-state index in [9.17, 15) is 4.79 Å². The van der Waals surface area contributed by atoms with E-state index in [1.807, 2.05) is 36.2 Å². The van der Waals surface area contributed by atoms with Gasteiger partial charge in [0.25, 0.3) is 0 Å². The van der Waals surface area contributed by atoms with E-state index < -0.39 is 0 Å². The Hall–Kier alpha value is -0.870. The molecule has 1 heterocycles. The maximum Gasteiger partial charge on any atom is 0.227 e. The van der Waals surface area contributed by atoms with E-state index in [4.69, 9.17) is 0 Å². The fourth-order valence-electron chi connectivity index (χ4n) is 2.59. The van der Waals surface area contributed by atoms with E-state index in [0.717, 1.165) is 48.4 Å². The Labute approximate surface area is 123 Å². The molecule has 0 aromatic heterocycles. The predicted molar refractivity (Wildman–Crippen MR) is 81.1 cm³/mol. The maximum atomic E-state index is 12.3. The number of carbonyl (C=O) groups is 1. The lowest BCUT2D eigenvalue weighted by Crippen LogP contribution is -2.41. The highest BCUT2D eigenvalue weighted by atomic mass is 79.9. The molecular formula is C15H21BrN2O. The number of halogens is 1. The average molecular weight is 325 g/mol. The molecular weight excluding hydrogens is 304 g/mol. The fourth-order valence-corrected chi connectivity index (χ4v) is 3.02. The van der Waals surface area contributed by atoms with E-state index in [-0.39, 0.29) is 5.91 Å². The standard InChI is InChI=1S/C15H21BrN2O/c1-17-11-12-6-8-18(9-7-12)15(19)10-13-4-2-3-5-14(13)16/h2-5,12,17H,6-11H2,1H3. The molecule has 0 unspecified atom stereocenters. The first-order valence-electron chi connectivity index (χ1n) is 6.86. The van der Waals surface area contributed by atoms with Crippen molar-refractivity contribution >= 4 is 21.8 Å². The second-order valence-corrected chi connectivity index (χ2v) is 6.00. The van der Waals surface area contributed by atoms with Crippen LogP contribution in [0, 0.1) is 5.92 Å². The number of hydrogen-bond donors (Lipinski definition) is 1. The molecule has 1 aromatic carbocycles. The van der Waals surface area contributed by atoms with Gasteiger partial charge in [0.05, 0.1) is 6.42 Å². The van der Waals surface area contributed by atoms with Crippen LogP contribution in [-0.4, -0.2) is 37.5 Å². The van der Waals surface area contributed by atoms with E-state index >= 15 is 0 Å². The summed E-state index contributed by atoms with van der Waals surface area (Å²) in [7, 11) is 1.99. The first-order chi connectivity index (χ1) is 9.20. The highest BCUT2D eigenvalue weighted by Crippen LogP contribution is 2.20. The molecule has 1 N–H and O–H groups in total. The number of benzene rings is 1. The lowest BCUT2D eigenvalue weighted by molar-refractivity contribution is -0.131. The number of hydrogen-bond acceptors (Lipinski definition) is 2. The minimum atomic E-state index is 0.245. The minimum absolute atomic E-state index is 0.245. The van der Waals surface area contributed by atoms with Crippen LogP contribution in [0.15, 0.2) is 28.7 Å². The highest BCUT2D eigenvalue weighted by Gasteiger charge is 2.22. The van der Waals surface area contributed by atoms with Crippen LogP contribution in [0.3, 0.4) is 0 Å². The molecule has 0 aliphatic carbocycles. The molecule has 19 heavy (non-hydrogen) atoms. The lowest BCUT2D eigenvalue weighted by atomic mass is 9.96. The smallest absolute Gasteiger partial charge is 0.227 e. The topological polar surface area (TPSA) is 32.3 Å². The van der Waals surface area contributed by atoms with Crippen LogP contribution >= 0.6 is 15.9 Å². The van der Waals surface area contributed by atoms with Gasteiger partial charge in [0, 0.05) is 17.6 Å². The molecule has 0 atom stereocenters. The van der Waals surface area contributed by atoms with Gasteiger partial charge in [-0.1, -0.05) is 34.1 Å². The van der Waals surface area contributed by atoms with Crippen molar-refractivity contribution in [2.75, 3.05) is 26.7 Å². The summed E-state index contributed by atoms with van der Waals surface area (Å²) in [6, 6.07) is 7.95. The summed E-state index contributed by atoms with van der Waals surface area (Å²) >= 11 is 3.50. The van der Waals surface area contributed by atoms with E-state index in [0.29, 0.717) is 6.42 Å². The molecule has 2 rings (SSSR count). The minimum Gasteiger partial charge on any atom is -0.342 e. The van der Waals surface area contributed by atoms with Crippen molar-refractivity contribution in [2.24, 2.45) is 5.92 Å². The van der Waals surface area contributed by atoms with E-state index in [1.165, 1.54) is 0 Å². The molecule has 1 aromatic rings. The molecule has 0 bridgehead atoms. The quantitative estimate of drug-likeness (QED) is 0.922. The van der Waals surface area contributed by atoms with Crippen LogP contribution in [0.25, 0.3) is 0 Å². The summed E-state index contributed by atoms with van der Waals surface area (Å²) < 4.78 is 1.02. The number of likely N-dealkylation sites (tertiary alicyclic amines) is 1. The molecule has 1 aliphatic heterocycles. The predicted octanol–water partition coefficient (Wildman–Crippen LogP) is 2.45. The van der Waals surface area contributed by atoms with Gasteiger partial charge in [0.1, 0.15) is 0 Å². The van der Waals surface area contributed by atoms with Gasteiger partial charge in [0.15, 0.2) is 0 Å². The normalized spacial score (nSPS) is 16.6. The number of nitrogens with zero attached hydrogens (tertiary/aromatic N) is 1. The summed E-state index contributed by atoms with van der Waals surface area (Å²) in [6.45, 7) is 2.86. The van der Waals surface area contributed by atoms with Gasteiger partial charge >= 0.3 is 0 Å². The molecule has 0 spiro atoms. The molecule has 1 saturated heterocycles. The Morgan fingerprint density at radius 2 is 2.05 bits per heavy atom. The molecule has 1 amide bonds. The number of rotatable bonds is 4. The highest BCUT2D eigenvalue weighted by molar-refractivity contribution is 9.10. The van der Waals surface area contributed by atoms with E-state index in [1.54, 1.807) is 0 Å². The van der Waals surface area contributed by atoms with Crippen LogP contribution in [0.1, 0.15) is 18.4 Å². The number of nitrogens with one attached hydrogen (secondary N) is 1. The van der Waals surface area contributed by atoms with Crippen molar-refractivity contribution in [2.45, 2.75) is 19.3 Å². The fraction of sp³-hybridized carbons (Fsp3) is 0.533. The van der Waals surface area contributed by atoms with Crippen molar-refractivity contribution in [1.82, 2.24) is 10.2 Å². The monoisotopic (exact) mass is 324 g/mol. The first-order valence-corrected chi connectivity index (χ1v) is 7.65. The maximum absolute atomic E-state index is 12.3. The van der Waals surface area contributed by atoms with Crippen molar-refractivity contribution in [1.29, 1.82) is 0 Å². The molecule has 3 nitrogen and oxygen atoms in total. The van der Waals surface area contributed by atoms with Crippen LogP contribution in [0.2, 0.25) is 0 Å². The second-order valence-electron chi connectivity index (χ2n) is 5.15. The van der Waals surface area contributed by atoms with Crippen LogP contribution in [0.5, 0.6) is 0 Å². The van der Waals surface area contributed by atoms with Crippen LogP contribution in [-0.2, 0) is 11.2 Å². The van der Waals surface area contributed by atoms with Gasteiger partial charge in [-0.2, -0.15) is 0 Å². The molecule has 1 fully saturated rings. The number of amides is 1. The van der Waals surface area contributed by atoms with Crippen LogP contribution in [0.4, 0.5) is 0 Å². The van der Waals surface area contributed by atoms with Crippen molar-refractivity contribution in [3.63, 3.8) is 0 Å². The second kappa shape index (κ2) is 7.06. The molecule has 4 heteroatoms. The summed E-state index contributed by atoms with van der Waals surface area (Å²) in [5.74, 6) is 0.965. The summed E-state index contributed by atoms with van der Waals surface area (Å²) in [5, 5.41) is 3.22. The zero-order valence-corrected chi connectivity index (χ0v) is 12.9. The first kappa shape index (κ1) is 14.5. The lowest BCUT2D eigenvalue weighted by Gasteiger charge is -2.32. The van der Waals surface area contributed by atoms with Gasteiger partial charge < -0.3 is 10.2 Å². The summed E-state index contributed by atoms with van der Waals surface area (Å²) in [6.07, 6.45) is 2.73. The molecule has 1 aliphatic rings. The molecule has 0 saturated carbocycles. The van der Waals surface area contributed by atoms with Crippen molar-refractivity contribution < 1.29 is 4.79 Å². The van der Waals surface area contributed by atoms with Gasteiger partial charge in [0.2, 0.25) is 5.91 Å². The Morgan fingerprint density at radius 3 is 2.68 bits per heavy atom. The average Bonchev–Trinajstić information content (AvgIpc) is 2.42. The van der Waals surface area contributed by atoms with Gasteiger partial charge in [-0.3, -0.25) is 4.79 Å². The zero-order valence-electron chi connectivity index (χ0n) is 11.4. The Balaban J connectivity index is 1.87. The number of piperidine rings is 1. The molecule has 104 valence electrons. The Morgan fingerprint density at radius 1 is 1.37 bits per heavy atom. The SMILES string of the molecule is CNCC1CCN(C(=O)Cc2ccccc2Br)CC1. The third-order valence-electron chi connectivity index (χ3n) is 3.76. The van der Waals surface area contributed by atoms with Gasteiger partial charge in [-0.25, -0.2) is 0 Å². The Kier molecular flexibility index (Phi) is 5.40. The van der Waals surface area contributed by atoms with Crippen molar-refractivity contribution in [3.05, 3.63) is 34.3 Å². The van der Waals surface area contributed by atoms with Crippen molar-refractivity contribution in [3.8, 4) is 0 Å². The largest absolute Gasteiger partial charge is 0.342 e. The van der Waals surface area contributed by atoms with Crippen LogP contribution < -0.4 is 5.32 Å². The molecule has 0 radical (unpaired) electrons. The third kappa shape index (κ3) is 4.05. The number of carbonyl (C=O) groups excluding carboxylic acids is 1. The Bertz CT molecular complexity index is 428. The van der Waals surface area contributed by atoms with Gasteiger partial charge in [-0.05, 0) is 44.0 Å². The third-order valence-corrected chi connectivity index (χ3v) is 4.53.